The summed E-state index contributed by atoms with van der Waals surface area (Å²) in [5.74, 6) is 0.299. The van der Waals surface area contributed by atoms with Crippen molar-refractivity contribution in [2.24, 2.45) is 5.16 Å². The maximum Gasteiger partial charge on any atom is 0.135 e. The van der Waals surface area contributed by atoms with Crippen LogP contribution in [0.15, 0.2) is 17.7 Å². The highest BCUT2D eigenvalue weighted by molar-refractivity contribution is 5.84. The summed E-state index contributed by atoms with van der Waals surface area (Å²) in [6, 6.07) is 0. The molecule has 0 saturated heterocycles. The van der Waals surface area contributed by atoms with Gasteiger partial charge in [-0.05, 0) is 0 Å². The van der Waals surface area contributed by atoms with Gasteiger partial charge in [-0.15, -0.1) is 0 Å². The highest BCUT2D eigenvalue weighted by Gasteiger charge is 1.93. The second kappa shape index (κ2) is 2.77. The van der Waals surface area contributed by atoms with Crippen LogP contribution < -0.4 is 5.73 Å². The lowest BCUT2D eigenvalue weighted by atomic mass is 10.3. The van der Waals surface area contributed by atoms with E-state index in [9.17, 15) is 0 Å². The Bertz CT molecular complexity index is 247. The minimum Gasteiger partial charge on any atom is -0.411 e. The van der Waals surface area contributed by atoms with E-state index >= 15 is 0 Å². The van der Waals surface area contributed by atoms with Crippen LogP contribution in [0, 0.1) is 0 Å². The third kappa shape index (κ3) is 1.19. The Morgan fingerprint density at radius 3 is 3.10 bits per heavy atom. The second-order valence-electron chi connectivity index (χ2n) is 1.61. The Kier molecular flexibility index (Phi) is 1.79. The minimum atomic E-state index is 0.299. The van der Waals surface area contributed by atoms with E-state index in [0.717, 1.165) is 0 Å². The summed E-state index contributed by atoms with van der Waals surface area (Å²) in [6.45, 7) is 0. The first kappa shape index (κ1) is 6.47. The van der Waals surface area contributed by atoms with E-state index in [1.54, 1.807) is 0 Å². The van der Waals surface area contributed by atoms with Crippen molar-refractivity contribution in [3.63, 3.8) is 0 Å². The Balaban J connectivity index is 3.03. The lowest BCUT2D eigenvalue weighted by Crippen LogP contribution is -1.96. The number of aromatic nitrogens is 2. The van der Waals surface area contributed by atoms with Crippen LogP contribution in [-0.2, 0) is 0 Å². The zero-order valence-corrected chi connectivity index (χ0v) is 5.10. The fourth-order valence-electron chi connectivity index (χ4n) is 0.512. The predicted octanol–water partition coefficient (Wildman–Crippen LogP) is -0.133. The van der Waals surface area contributed by atoms with Gasteiger partial charge in [0.25, 0.3) is 0 Å². The molecule has 0 amide bonds. The molecule has 1 aromatic heterocycles. The molecule has 5 nitrogen and oxygen atoms in total. The Morgan fingerprint density at radius 2 is 2.50 bits per heavy atom. The highest BCUT2D eigenvalue weighted by atomic mass is 16.4. The van der Waals surface area contributed by atoms with Crippen molar-refractivity contribution >= 4 is 12.0 Å². The van der Waals surface area contributed by atoms with Crippen LogP contribution in [0.3, 0.4) is 0 Å². The summed E-state index contributed by atoms with van der Waals surface area (Å²) in [6.07, 6.45) is 3.96. The van der Waals surface area contributed by atoms with E-state index in [1.807, 2.05) is 0 Å². The predicted molar refractivity (Wildman–Crippen MR) is 35.8 cm³/mol. The van der Waals surface area contributed by atoms with E-state index in [0.29, 0.717) is 11.4 Å². The molecule has 1 aromatic rings. The van der Waals surface area contributed by atoms with Gasteiger partial charge in [-0.3, -0.25) is 0 Å². The summed E-state index contributed by atoms with van der Waals surface area (Å²) in [5.41, 5.74) is 5.86. The molecular formula is C5H6N4O. The van der Waals surface area contributed by atoms with Crippen LogP contribution in [0.4, 0.5) is 5.82 Å². The molecule has 0 aliphatic heterocycles. The van der Waals surface area contributed by atoms with Crippen molar-refractivity contribution in [1.82, 2.24) is 9.97 Å². The van der Waals surface area contributed by atoms with Gasteiger partial charge in [-0.25, -0.2) is 9.97 Å². The molecule has 1 heterocycles. The fraction of sp³-hybridized carbons (Fsp3) is 0. The number of nitrogens with zero attached hydrogens (tertiary/aromatic N) is 3. The molecule has 0 bridgehead atoms. The third-order valence-electron chi connectivity index (χ3n) is 0.970. The lowest BCUT2D eigenvalue weighted by molar-refractivity contribution is 0.322. The molecule has 0 aliphatic carbocycles. The van der Waals surface area contributed by atoms with Crippen LogP contribution >= 0.6 is 0 Å². The molecule has 0 atom stereocenters. The van der Waals surface area contributed by atoms with E-state index < -0.39 is 0 Å². The molecule has 10 heavy (non-hydrogen) atoms. The number of hydrogen-bond donors (Lipinski definition) is 2. The smallest absolute Gasteiger partial charge is 0.135 e. The monoisotopic (exact) mass is 138 g/mol. The quantitative estimate of drug-likeness (QED) is 0.321. The standard InChI is InChI=1S/C5H6N4O/c6-5-4(2-9-10)1-7-3-8-5/h1-3,10H,(H2,6,7,8). The van der Waals surface area contributed by atoms with E-state index in [-0.39, 0.29) is 0 Å². The summed E-state index contributed by atoms with van der Waals surface area (Å²) in [4.78, 5) is 7.33. The summed E-state index contributed by atoms with van der Waals surface area (Å²) in [5, 5.41) is 10.9. The average Bonchev–Trinajstić information content (AvgIpc) is 1.94. The van der Waals surface area contributed by atoms with Crippen LogP contribution in [0.25, 0.3) is 0 Å². The highest BCUT2D eigenvalue weighted by Crippen LogP contribution is 1.99. The molecule has 52 valence electrons. The van der Waals surface area contributed by atoms with Crippen molar-refractivity contribution in [1.29, 1.82) is 0 Å². The van der Waals surface area contributed by atoms with E-state index in [1.165, 1.54) is 18.7 Å². The summed E-state index contributed by atoms with van der Waals surface area (Å²) < 4.78 is 0. The number of oxime groups is 1. The minimum absolute atomic E-state index is 0.299. The van der Waals surface area contributed by atoms with Gasteiger partial charge in [-0.1, -0.05) is 5.16 Å². The van der Waals surface area contributed by atoms with E-state index in [2.05, 4.69) is 15.1 Å². The molecule has 3 N–H and O–H groups in total. The van der Waals surface area contributed by atoms with Crippen molar-refractivity contribution < 1.29 is 5.21 Å². The van der Waals surface area contributed by atoms with Gasteiger partial charge in [0.15, 0.2) is 0 Å². The van der Waals surface area contributed by atoms with Gasteiger partial charge in [0.1, 0.15) is 12.1 Å². The summed E-state index contributed by atoms with van der Waals surface area (Å²) in [7, 11) is 0. The van der Waals surface area contributed by atoms with Crippen LogP contribution in [0.5, 0.6) is 0 Å². The van der Waals surface area contributed by atoms with Gasteiger partial charge in [0.2, 0.25) is 0 Å². The summed E-state index contributed by atoms with van der Waals surface area (Å²) >= 11 is 0. The SMILES string of the molecule is Nc1ncncc1C=NO. The third-order valence-corrected chi connectivity index (χ3v) is 0.970. The molecule has 0 spiro atoms. The second-order valence-corrected chi connectivity index (χ2v) is 1.61. The first-order valence-corrected chi connectivity index (χ1v) is 2.57. The largest absolute Gasteiger partial charge is 0.411 e. The molecule has 1 rings (SSSR count). The van der Waals surface area contributed by atoms with Gasteiger partial charge in [0.05, 0.1) is 11.8 Å². The molecule has 0 radical (unpaired) electrons. The lowest BCUT2D eigenvalue weighted by Gasteiger charge is -1.92. The van der Waals surface area contributed by atoms with Crippen LogP contribution in [0.2, 0.25) is 0 Å². The molecule has 0 aromatic carbocycles. The van der Waals surface area contributed by atoms with Crippen molar-refractivity contribution in [3.8, 4) is 0 Å². The molecule has 0 saturated carbocycles. The fourth-order valence-corrected chi connectivity index (χ4v) is 0.512. The first-order chi connectivity index (χ1) is 4.84. The average molecular weight is 138 g/mol. The Labute approximate surface area is 57.2 Å². The molecule has 0 unspecified atom stereocenters. The molecule has 5 heteroatoms. The Morgan fingerprint density at radius 1 is 1.70 bits per heavy atom. The van der Waals surface area contributed by atoms with Crippen LogP contribution in [0.1, 0.15) is 5.56 Å². The number of hydrogen-bond acceptors (Lipinski definition) is 5. The van der Waals surface area contributed by atoms with Gasteiger partial charge >= 0.3 is 0 Å². The number of nitrogen functional groups attached to an aromatic ring is 1. The van der Waals surface area contributed by atoms with Gasteiger partial charge < -0.3 is 10.9 Å². The number of anilines is 1. The van der Waals surface area contributed by atoms with E-state index in [4.69, 9.17) is 10.9 Å². The zero-order valence-electron chi connectivity index (χ0n) is 5.10. The van der Waals surface area contributed by atoms with Crippen molar-refractivity contribution in [3.05, 3.63) is 18.1 Å². The van der Waals surface area contributed by atoms with Crippen molar-refractivity contribution in [2.75, 3.05) is 5.73 Å². The van der Waals surface area contributed by atoms with Gasteiger partial charge in [-0.2, -0.15) is 0 Å². The number of rotatable bonds is 1. The molecule has 0 fully saturated rings. The zero-order chi connectivity index (χ0) is 7.40. The molecular weight excluding hydrogens is 132 g/mol. The Hall–Kier alpha value is -1.65. The van der Waals surface area contributed by atoms with Crippen LogP contribution in [-0.4, -0.2) is 21.4 Å². The maximum absolute atomic E-state index is 8.10. The number of nitrogens with two attached hydrogens (primary N) is 1. The maximum atomic E-state index is 8.10. The molecule has 0 aliphatic rings. The normalized spacial score (nSPS) is 10.4. The first-order valence-electron chi connectivity index (χ1n) is 2.57. The van der Waals surface area contributed by atoms with Gasteiger partial charge in [0, 0.05) is 6.20 Å². The topological polar surface area (TPSA) is 84.4 Å². The van der Waals surface area contributed by atoms with Crippen molar-refractivity contribution in [2.45, 2.75) is 0 Å².